The Morgan fingerprint density at radius 2 is 0.857 bits per heavy atom. The molecule has 0 unspecified atom stereocenters. The highest BCUT2D eigenvalue weighted by atomic mass is 35.5. The van der Waals surface area contributed by atoms with E-state index in [1.54, 1.807) is 27.7 Å². The molecule has 0 rings (SSSR count). The Bertz CT molecular complexity index is 139. The Balaban J connectivity index is -0.0000000625. The normalized spacial score (nSPS) is 7.86. The second-order valence-electron chi connectivity index (χ2n) is 2.99. The van der Waals surface area contributed by atoms with Crippen molar-refractivity contribution in [1.29, 1.82) is 0 Å². The van der Waals surface area contributed by atoms with E-state index in [4.69, 9.17) is 10.2 Å². The third kappa shape index (κ3) is 22.5. The molecule has 0 aliphatic heterocycles. The van der Waals surface area contributed by atoms with Crippen LogP contribution in [0.3, 0.4) is 0 Å². The van der Waals surface area contributed by atoms with Crippen molar-refractivity contribution in [3.05, 3.63) is 0 Å². The van der Waals surface area contributed by atoms with Crippen molar-refractivity contribution in [2.75, 3.05) is 0 Å². The van der Waals surface area contributed by atoms with Gasteiger partial charge in [0.15, 0.2) is 0 Å². The Hall–Kier alpha value is -0.480. The second kappa shape index (κ2) is 12.5. The number of hydrogen-bond acceptors (Lipinski definition) is 2. The van der Waals surface area contributed by atoms with E-state index in [0.717, 1.165) is 0 Å². The van der Waals surface area contributed by atoms with Crippen LogP contribution in [-0.2, 0) is 9.59 Å². The van der Waals surface area contributed by atoms with Crippen LogP contribution in [0.1, 0.15) is 27.7 Å². The topological polar surface area (TPSA) is 74.6 Å². The van der Waals surface area contributed by atoms with Crippen molar-refractivity contribution in [1.82, 2.24) is 0 Å². The van der Waals surface area contributed by atoms with Gasteiger partial charge in [-0.05, 0) is 0 Å². The number of aliphatic carboxylic acids is 2. The van der Waals surface area contributed by atoms with E-state index in [1.807, 2.05) is 0 Å². The van der Waals surface area contributed by atoms with E-state index in [0.29, 0.717) is 0 Å². The number of rotatable bonds is 2. The van der Waals surface area contributed by atoms with Gasteiger partial charge in [0.2, 0.25) is 0 Å². The van der Waals surface area contributed by atoms with E-state index in [1.165, 1.54) is 0 Å². The lowest BCUT2D eigenvalue weighted by atomic mass is 10.2. The quantitative estimate of drug-likeness (QED) is 0.787. The molecule has 0 aromatic heterocycles. The number of carbonyl (C=O) groups is 2. The average Bonchev–Trinajstić information content (AvgIpc) is 1.88. The molecular formula is C8H18Cl2O4. The molecule has 0 aliphatic rings. The molecule has 0 aliphatic carbocycles. The Morgan fingerprint density at radius 1 is 0.786 bits per heavy atom. The average molecular weight is 249 g/mol. The van der Waals surface area contributed by atoms with E-state index in [9.17, 15) is 9.59 Å². The molecule has 6 heteroatoms. The van der Waals surface area contributed by atoms with Gasteiger partial charge in [0, 0.05) is 0 Å². The predicted octanol–water partition coefficient (Wildman–Crippen LogP) is 2.30. The van der Waals surface area contributed by atoms with Crippen LogP contribution < -0.4 is 0 Å². The molecule has 0 radical (unpaired) electrons. The predicted molar refractivity (Wildman–Crippen MR) is 59.4 cm³/mol. The fourth-order valence-corrected chi connectivity index (χ4v) is 0. The summed E-state index contributed by atoms with van der Waals surface area (Å²) in [5.74, 6) is -1.94. The first-order valence-electron chi connectivity index (χ1n) is 3.74. The summed E-state index contributed by atoms with van der Waals surface area (Å²) in [4.78, 5) is 19.4. The van der Waals surface area contributed by atoms with Gasteiger partial charge in [0.05, 0.1) is 11.8 Å². The van der Waals surface area contributed by atoms with Crippen LogP contribution in [0.2, 0.25) is 0 Å². The lowest BCUT2D eigenvalue weighted by Gasteiger charge is -1.89. The van der Waals surface area contributed by atoms with Crippen molar-refractivity contribution < 1.29 is 19.8 Å². The molecule has 4 nitrogen and oxygen atoms in total. The highest BCUT2D eigenvalue weighted by molar-refractivity contribution is 5.85. The maximum atomic E-state index is 9.70. The second-order valence-corrected chi connectivity index (χ2v) is 2.99. The summed E-state index contributed by atoms with van der Waals surface area (Å²) in [6.45, 7) is 6.56. The number of carboxylic acids is 2. The van der Waals surface area contributed by atoms with Gasteiger partial charge in [-0.1, -0.05) is 27.7 Å². The van der Waals surface area contributed by atoms with Gasteiger partial charge in [-0.3, -0.25) is 9.59 Å². The van der Waals surface area contributed by atoms with Gasteiger partial charge >= 0.3 is 11.9 Å². The molecule has 0 amide bonds. The van der Waals surface area contributed by atoms with Gasteiger partial charge < -0.3 is 10.2 Å². The summed E-state index contributed by atoms with van der Waals surface area (Å²) in [5.41, 5.74) is 0. The molecule has 0 aromatic carbocycles. The zero-order chi connectivity index (χ0) is 10.3. The highest BCUT2D eigenvalue weighted by Crippen LogP contribution is 1.87. The van der Waals surface area contributed by atoms with Crippen LogP contribution in [0.4, 0.5) is 0 Å². The number of hydrogen-bond donors (Lipinski definition) is 2. The third-order valence-corrected chi connectivity index (χ3v) is 0.988. The maximum Gasteiger partial charge on any atom is 0.305 e. The van der Waals surface area contributed by atoms with E-state index in [2.05, 4.69) is 0 Å². The van der Waals surface area contributed by atoms with Gasteiger partial charge in [-0.15, -0.1) is 24.8 Å². The first kappa shape index (κ1) is 23.4. The lowest BCUT2D eigenvalue weighted by Crippen LogP contribution is -2.03. The molecule has 0 saturated carbocycles. The van der Waals surface area contributed by atoms with Crippen LogP contribution in [0, 0.1) is 11.8 Å². The summed E-state index contributed by atoms with van der Waals surface area (Å²) < 4.78 is 0. The van der Waals surface area contributed by atoms with Crippen LogP contribution in [-0.4, -0.2) is 22.2 Å². The molecule has 0 bridgehead atoms. The van der Waals surface area contributed by atoms with Gasteiger partial charge in [0.25, 0.3) is 0 Å². The zero-order valence-electron chi connectivity index (χ0n) is 8.68. The third-order valence-electron chi connectivity index (χ3n) is 0.988. The molecule has 0 atom stereocenters. The summed E-state index contributed by atoms with van der Waals surface area (Å²) in [6.07, 6.45) is 0. The number of halogens is 2. The molecule has 2 N–H and O–H groups in total. The SMILES string of the molecule is CC(C)C(=O)O.CC(C)C(=O)O.Cl.Cl. The lowest BCUT2D eigenvalue weighted by molar-refractivity contribution is -0.141. The molecule has 0 saturated heterocycles. The van der Waals surface area contributed by atoms with Crippen molar-refractivity contribution in [3.8, 4) is 0 Å². The Labute approximate surface area is 96.5 Å². The minimum atomic E-state index is -0.741. The summed E-state index contributed by atoms with van der Waals surface area (Å²) in [7, 11) is 0. The van der Waals surface area contributed by atoms with Crippen molar-refractivity contribution in [2.45, 2.75) is 27.7 Å². The molecule has 0 heterocycles. The molecule has 14 heavy (non-hydrogen) atoms. The van der Waals surface area contributed by atoms with Crippen LogP contribution in [0.5, 0.6) is 0 Å². The van der Waals surface area contributed by atoms with Crippen LogP contribution in [0.15, 0.2) is 0 Å². The van der Waals surface area contributed by atoms with Crippen molar-refractivity contribution >= 4 is 36.8 Å². The van der Waals surface area contributed by atoms with Crippen LogP contribution in [0.25, 0.3) is 0 Å². The zero-order valence-corrected chi connectivity index (χ0v) is 10.3. The summed E-state index contributed by atoms with van der Waals surface area (Å²) in [5, 5.41) is 16.0. The standard InChI is InChI=1S/2C4H8O2.2ClH/c2*1-3(2)4(5)6;;/h2*3H,1-2H3,(H,5,6);2*1H. The van der Waals surface area contributed by atoms with E-state index >= 15 is 0 Å². The first-order valence-corrected chi connectivity index (χ1v) is 3.74. The van der Waals surface area contributed by atoms with Crippen molar-refractivity contribution in [3.63, 3.8) is 0 Å². The first-order chi connectivity index (χ1) is 5.29. The molecule has 88 valence electrons. The Morgan fingerprint density at radius 3 is 0.857 bits per heavy atom. The molecule has 0 spiro atoms. The monoisotopic (exact) mass is 248 g/mol. The maximum absolute atomic E-state index is 9.70. The molecule has 0 fully saturated rings. The fraction of sp³-hybridized carbons (Fsp3) is 0.750. The smallest absolute Gasteiger partial charge is 0.305 e. The minimum Gasteiger partial charge on any atom is -0.481 e. The minimum absolute atomic E-state index is 0. The summed E-state index contributed by atoms with van der Waals surface area (Å²) in [6, 6.07) is 0. The number of carboxylic acid groups (broad SMARTS) is 2. The highest BCUT2D eigenvalue weighted by Gasteiger charge is 1.99. The van der Waals surface area contributed by atoms with E-state index in [-0.39, 0.29) is 36.6 Å². The summed E-state index contributed by atoms with van der Waals surface area (Å²) >= 11 is 0. The fourth-order valence-electron chi connectivity index (χ4n) is 0. The van der Waals surface area contributed by atoms with Gasteiger partial charge in [-0.2, -0.15) is 0 Å². The van der Waals surface area contributed by atoms with Gasteiger partial charge in [0.1, 0.15) is 0 Å². The van der Waals surface area contributed by atoms with E-state index < -0.39 is 11.9 Å². The van der Waals surface area contributed by atoms with Gasteiger partial charge in [-0.25, -0.2) is 0 Å². The molecular weight excluding hydrogens is 231 g/mol. The largest absolute Gasteiger partial charge is 0.481 e. The Kier molecular flexibility index (Phi) is 20.9. The van der Waals surface area contributed by atoms with Crippen LogP contribution >= 0.6 is 24.8 Å². The van der Waals surface area contributed by atoms with Crippen molar-refractivity contribution in [2.24, 2.45) is 11.8 Å². The molecule has 0 aromatic rings.